The van der Waals surface area contributed by atoms with E-state index in [0.717, 1.165) is 65.2 Å². The lowest BCUT2D eigenvalue weighted by atomic mass is 9.94. The Bertz CT molecular complexity index is 2670. The minimum Gasteiger partial charge on any atom is -0.394 e. The number of carbonyl (C=O) groups excluding carboxylic acids is 3. The van der Waals surface area contributed by atoms with Crippen LogP contribution in [0.25, 0.3) is 0 Å². The Hall–Kier alpha value is -3.05. The maximum absolute atomic E-state index is 13.6. The Labute approximate surface area is 682 Å². The number of aliphatic hydroxyl groups excluding tert-OH is 18. The second kappa shape index (κ2) is 55.2. The summed E-state index contributed by atoms with van der Waals surface area (Å²) in [5.41, 5.74) is 0. The predicted molar refractivity (Wildman–Crippen MR) is 412 cm³/mol. The Morgan fingerprint density at radius 3 is 1.07 bits per heavy atom. The Balaban J connectivity index is 1.07. The molecule has 0 radical (unpaired) electrons. The summed E-state index contributed by atoms with van der Waals surface area (Å²) in [5, 5.41) is 209. The van der Waals surface area contributed by atoms with E-state index in [4.69, 9.17) is 56.8 Å². The van der Waals surface area contributed by atoms with Crippen molar-refractivity contribution in [1.82, 2.24) is 16.0 Å². The van der Waals surface area contributed by atoms with Gasteiger partial charge >= 0.3 is 0 Å². The molecule has 21 N–H and O–H groups in total. The van der Waals surface area contributed by atoms with Crippen LogP contribution in [-0.2, 0) is 71.2 Å². The molecule has 0 aromatic heterocycles. The zero-order valence-electron chi connectivity index (χ0n) is 68.4. The van der Waals surface area contributed by atoms with Crippen molar-refractivity contribution in [2.45, 2.75) is 429 Å². The first-order valence-corrected chi connectivity index (χ1v) is 43.0. The Kier molecular flexibility index (Phi) is 48.5. The van der Waals surface area contributed by atoms with E-state index in [9.17, 15) is 106 Å². The molecule has 0 aliphatic carbocycles. The van der Waals surface area contributed by atoms with E-state index in [0.29, 0.717) is 12.8 Å². The molecule has 0 spiro atoms. The van der Waals surface area contributed by atoms with E-state index in [1.165, 1.54) is 135 Å². The maximum atomic E-state index is 13.6. The molecule has 116 heavy (non-hydrogen) atoms. The number of hydrogen-bond donors (Lipinski definition) is 21. The first kappa shape index (κ1) is 102. The lowest BCUT2D eigenvalue weighted by Crippen LogP contribution is -2.70. The first-order chi connectivity index (χ1) is 55.8. The lowest BCUT2D eigenvalue weighted by Gasteiger charge is -2.51. The fraction of sp³-hybridized carbons (Fsp3) is 0.938. The average Bonchev–Trinajstić information content (AvgIpc) is 0.762. The van der Waals surface area contributed by atoms with Gasteiger partial charge in [0.15, 0.2) is 37.7 Å². The summed E-state index contributed by atoms with van der Waals surface area (Å²) in [6.45, 7) is 0.0940. The smallest absolute Gasteiger partial charge is 0.220 e. The van der Waals surface area contributed by atoms with Crippen LogP contribution in [0.2, 0.25) is 0 Å². The third-order valence-corrected chi connectivity index (χ3v) is 22.7. The molecule has 3 amide bonds. The van der Waals surface area contributed by atoms with Crippen molar-refractivity contribution in [2.75, 3.05) is 46.2 Å². The summed E-state index contributed by atoms with van der Waals surface area (Å²) in [5.74, 6) is -1.97. The van der Waals surface area contributed by atoms with Crippen LogP contribution in [0.3, 0.4) is 0 Å². The van der Waals surface area contributed by atoms with Crippen LogP contribution in [0.15, 0.2) is 12.2 Å². The van der Waals surface area contributed by atoms with Crippen molar-refractivity contribution in [3.8, 4) is 0 Å². The summed E-state index contributed by atoms with van der Waals surface area (Å²) in [7, 11) is 0. The molecule has 32 atom stereocenters. The van der Waals surface area contributed by atoms with Crippen LogP contribution in [0.1, 0.15) is 233 Å². The number of hydrogen-bond acceptors (Lipinski definition) is 33. The maximum Gasteiger partial charge on any atom is 0.220 e. The number of aliphatic hydroxyl groups is 18. The third-order valence-electron chi connectivity index (χ3n) is 22.7. The number of nitrogens with one attached hydrogen (secondary N) is 3. The number of ether oxygens (including phenoxy) is 12. The quantitative estimate of drug-likeness (QED) is 0.0260. The van der Waals surface area contributed by atoms with Gasteiger partial charge in [-0.2, -0.15) is 0 Å². The average molecular weight is 1680 g/mol. The van der Waals surface area contributed by atoms with E-state index in [1.807, 2.05) is 6.08 Å². The summed E-state index contributed by atoms with van der Waals surface area (Å²) in [4.78, 5) is 38.8. The van der Waals surface area contributed by atoms with E-state index in [1.54, 1.807) is 6.08 Å². The minimum atomic E-state index is -2.29. The number of rotatable bonds is 56. The van der Waals surface area contributed by atoms with Gasteiger partial charge < -0.3 is 165 Å². The Morgan fingerprint density at radius 1 is 0.336 bits per heavy atom. The number of allylic oxidation sites excluding steroid dienone is 1. The molecule has 6 heterocycles. The second-order valence-electron chi connectivity index (χ2n) is 32.1. The molecule has 36 nitrogen and oxygen atoms in total. The third kappa shape index (κ3) is 31.6. The molecule has 678 valence electrons. The highest BCUT2D eigenvalue weighted by Gasteiger charge is 2.59. The minimum absolute atomic E-state index is 0.180. The molecule has 0 bridgehead atoms. The highest BCUT2D eigenvalue weighted by atomic mass is 16.8. The fourth-order valence-corrected chi connectivity index (χ4v) is 15.8. The standard InChI is InChI=1S/C80H145N3O33/c1-5-7-9-11-13-15-17-19-20-21-22-23-24-26-28-30-32-34-36-38-56(93)83-48(49(92)37-35-33-31-29-27-25-18-16-14-12-10-8-6-2)45-105-77-66(101)64(99)71(54(43-88)110-77)113-78-67(102)65(100)70(55(44-89)111-78)112-76-58(82-47(4)91)72(60(95)51(40-85)107-76)114-79-69(104)74(62(97)53(42-87)108-79)116-80-68(103)73(61(96)52(41-86)109-80)115-75-57(81-46(3)90)63(98)59(94)50(39-84)106-75/h35,37,48-55,57-80,84-89,92,94-104H,5-34,36,38-45H2,1-4H3,(H,81,90)(H,82,91)(H,83,93)/b37-35+/t48-,49+,50?,51?,52?,53?,54?,55?,57?,58?,59-,60-,61-,62-,63+,64+,65+,66?,67?,68?,69?,70-,71+,72+,73-,74-,75-,76-,77+,78-,79-,80+/m0/s1. The molecule has 0 aromatic carbocycles. The number of carbonyl (C=O) groups is 3. The summed E-state index contributed by atoms with van der Waals surface area (Å²) in [6, 6.07) is -4.49. The molecule has 6 aliphatic rings. The molecule has 0 saturated carbocycles. The molecule has 12 unspecified atom stereocenters. The number of unbranched alkanes of at least 4 members (excludes halogenated alkanes) is 29. The van der Waals surface area contributed by atoms with E-state index in [-0.39, 0.29) is 12.3 Å². The zero-order valence-corrected chi connectivity index (χ0v) is 68.4. The van der Waals surface area contributed by atoms with Crippen LogP contribution < -0.4 is 16.0 Å². The van der Waals surface area contributed by atoms with Gasteiger partial charge in [-0.15, -0.1) is 0 Å². The number of amides is 3. The van der Waals surface area contributed by atoms with Gasteiger partial charge in [-0.1, -0.05) is 206 Å². The van der Waals surface area contributed by atoms with Gasteiger partial charge in [-0.3, -0.25) is 14.4 Å². The molecular weight excluding hydrogens is 1530 g/mol. The van der Waals surface area contributed by atoms with Gasteiger partial charge in [0, 0.05) is 20.3 Å². The summed E-state index contributed by atoms with van der Waals surface area (Å²) < 4.78 is 70.9. The lowest BCUT2D eigenvalue weighted by molar-refractivity contribution is -0.389. The predicted octanol–water partition coefficient (Wildman–Crippen LogP) is -0.864. The van der Waals surface area contributed by atoms with Crippen molar-refractivity contribution < 1.29 is 163 Å². The van der Waals surface area contributed by atoms with E-state index in [2.05, 4.69) is 29.8 Å². The largest absolute Gasteiger partial charge is 0.394 e. The van der Waals surface area contributed by atoms with Crippen molar-refractivity contribution >= 4 is 17.7 Å². The van der Waals surface area contributed by atoms with Gasteiger partial charge in [0.2, 0.25) is 17.7 Å². The summed E-state index contributed by atoms with van der Waals surface area (Å²) >= 11 is 0. The van der Waals surface area contributed by atoms with Gasteiger partial charge in [0.05, 0.1) is 58.4 Å². The molecule has 6 fully saturated rings. The fourth-order valence-electron chi connectivity index (χ4n) is 15.8. The molecule has 0 aromatic rings. The Morgan fingerprint density at radius 2 is 0.647 bits per heavy atom. The van der Waals surface area contributed by atoms with Gasteiger partial charge in [0.25, 0.3) is 0 Å². The molecule has 6 rings (SSSR count). The molecule has 36 heteroatoms. The highest BCUT2D eigenvalue weighted by molar-refractivity contribution is 5.76. The van der Waals surface area contributed by atoms with Crippen molar-refractivity contribution in [1.29, 1.82) is 0 Å². The highest BCUT2D eigenvalue weighted by Crippen LogP contribution is 2.38. The van der Waals surface area contributed by atoms with Crippen LogP contribution in [0.4, 0.5) is 0 Å². The van der Waals surface area contributed by atoms with Crippen LogP contribution in [0, 0.1) is 0 Å². The van der Waals surface area contributed by atoms with E-state index >= 15 is 0 Å². The zero-order chi connectivity index (χ0) is 84.8. The van der Waals surface area contributed by atoms with Crippen LogP contribution in [0.5, 0.6) is 0 Å². The second-order valence-corrected chi connectivity index (χ2v) is 32.1. The van der Waals surface area contributed by atoms with Crippen molar-refractivity contribution in [2.24, 2.45) is 0 Å². The monoisotopic (exact) mass is 1680 g/mol. The normalized spacial score (nSPS) is 36.3. The first-order valence-electron chi connectivity index (χ1n) is 43.0. The van der Waals surface area contributed by atoms with Gasteiger partial charge in [-0.05, 0) is 19.3 Å². The SMILES string of the molecule is CCCCCCCCCCCCC/C=C/[C@@H](O)[C@H](CO[C@@H]1OC(CO)[C@@H](O[C@@H]2OC(CO)[C@H](O[C@@H]3OC(CO)[C@H](O)[C@H](O[C@@H]4OC(CO)[C@H](O)[C@H](O[C@H]5OC(CO)[C@H](O)[C@H](O[C@@H]6OC(CO)[C@H](O)[C@H](O)C6NC(C)=O)C5O)C4O)C3NC(C)=O)[C@H](O)C2O)[C@H](O)C1O)NC(=O)CCCCCCCCCCCCCCCCCCCCC. The van der Waals surface area contributed by atoms with Crippen molar-refractivity contribution in [3.63, 3.8) is 0 Å². The van der Waals surface area contributed by atoms with E-state index < -0.39 is 254 Å². The van der Waals surface area contributed by atoms with Crippen LogP contribution in [-0.4, -0.2) is 352 Å². The van der Waals surface area contributed by atoms with Crippen molar-refractivity contribution in [3.05, 3.63) is 12.2 Å². The topological polar surface area (TPSA) is 562 Å². The molecule has 6 saturated heterocycles. The molecule has 6 aliphatic heterocycles. The van der Waals surface area contributed by atoms with Crippen LogP contribution >= 0.6 is 0 Å². The van der Waals surface area contributed by atoms with Gasteiger partial charge in [0.1, 0.15) is 146 Å². The van der Waals surface area contributed by atoms with Gasteiger partial charge in [-0.25, -0.2) is 0 Å². The summed E-state index contributed by atoms with van der Waals surface area (Å²) in [6.07, 6.45) is -15.5. The molecular formula is C80H145N3O33.